The Hall–Kier alpha value is -3.84. The first-order valence-corrected chi connectivity index (χ1v) is 13.4. The first-order chi connectivity index (χ1) is 17.6. The van der Waals surface area contributed by atoms with Crippen molar-refractivity contribution in [3.8, 4) is 5.69 Å². The lowest BCUT2D eigenvalue weighted by Crippen LogP contribution is -2.10. The van der Waals surface area contributed by atoms with Gasteiger partial charge in [0.1, 0.15) is 0 Å². The minimum Gasteiger partial charge on any atom is -0.309 e. The maximum Gasteiger partial charge on any atom is 0.0541 e. The Balaban J connectivity index is 1.64. The van der Waals surface area contributed by atoms with E-state index in [4.69, 9.17) is 0 Å². The lowest BCUT2D eigenvalue weighted by molar-refractivity contribution is 0.590. The van der Waals surface area contributed by atoms with Crippen molar-refractivity contribution in [2.75, 3.05) is 0 Å². The third-order valence-corrected chi connectivity index (χ3v) is 8.24. The van der Waals surface area contributed by atoms with E-state index in [-0.39, 0.29) is 10.8 Å². The van der Waals surface area contributed by atoms with Gasteiger partial charge in [-0.15, -0.1) is 0 Å². The van der Waals surface area contributed by atoms with E-state index >= 15 is 0 Å². The molecule has 0 aliphatic carbocycles. The first kappa shape index (κ1) is 22.4. The van der Waals surface area contributed by atoms with Gasteiger partial charge in [0.2, 0.25) is 0 Å². The summed E-state index contributed by atoms with van der Waals surface area (Å²) in [7, 11) is 0. The fraction of sp³-hybridized carbons (Fsp3) is 0.222. The second-order valence-corrected chi connectivity index (χ2v) is 12.7. The quantitative estimate of drug-likeness (QED) is 0.206. The van der Waals surface area contributed by atoms with Gasteiger partial charge in [-0.3, -0.25) is 0 Å². The van der Waals surface area contributed by atoms with E-state index in [0.29, 0.717) is 0 Å². The van der Waals surface area contributed by atoms with Crippen molar-refractivity contribution in [1.29, 1.82) is 0 Å². The van der Waals surface area contributed by atoms with Crippen LogP contribution < -0.4 is 0 Å². The Morgan fingerprint density at radius 2 is 0.946 bits per heavy atom. The van der Waals surface area contributed by atoms with Crippen molar-refractivity contribution < 1.29 is 0 Å². The largest absolute Gasteiger partial charge is 0.309 e. The van der Waals surface area contributed by atoms with Gasteiger partial charge in [-0.2, -0.15) is 0 Å². The molecule has 0 spiro atoms. The van der Waals surface area contributed by atoms with Gasteiger partial charge >= 0.3 is 0 Å². The van der Waals surface area contributed by atoms with Gasteiger partial charge in [0.15, 0.2) is 0 Å². The Labute approximate surface area is 218 Å². The number of rotatable bonds is 1. The van der Waals surface area contributed by atoms with Crippen LogP contribution in [0.5, 0.6) is 0 Å². The average molecular weight is 480 g/mol. The maximum atomic E-state index is 2.50. The van der Waals surface area contributed by atoms with Crippen LogP contribution in [0.15, 0.2) is 91.0 Å². The molecule has 0 fully saturated rings. The topological polar surface area (TPSA) is 4.93 Å². The van der Waals surface area contributed by atoms with Gasteiger partial charge in [0, 0.05) is 16.2 Å². The van der Waals surface area contributed by atoms with Crippen LogP contribution in [0.3, 0.4) is 0 Å². The molecule has 0 bridgehead atoms. The second kappa shape index (κ2) is 7.35. The standard InChI is InChI=1S/C36H33N/c1-35(2,3)25-14-18-31-28(20-25)29-21-26(36(4,5)6)15-19-32(29)37(31)30-17-13-24-11-10-22-8-7-9-23-12-16-27(30)34(24)33(22)23/h7-21H,1-6H3. The molecule has 0 amide bonds. The predicted octanol–water partition coefficient (Wildman–Crippen LogP) is 10.3. The highest BCUT2D eigenvalue weighted by atomic mass is 15.0. The van der Waals surface area contributed by atoms with E-state index in [1.807, 2.05) is 0 Å². The summed E-state index contributed by atoms with van der Waals surface area (Å²) in [4.78, 5) is 0. The zero-order chi connectivity index (χ0) is 25.7. The first-order valence-electron chi connectivity index (χ1n) is 13.4. The zero-order valence-electron chi connectivity index (χ0n) is 22.6. The van der Waals surface area contributed by atoms with Crippen molar-refractivity contribution in [2.24, 2.45) is 0 Å². The van der Waals surface area contributed by atoms with E-state index in [1.54, 1.807) is 0 Å². The monoisotopic (exact) mass is 479 g/mol. The van der Waals surface area contributed by atoms with Gasteiger partial charge in [0.25, 0.3) is 0 Å². The van der Waals surface area contributed by atoms with Crippen LogP contribution in [-0.4, -0.2) is 4.57 Å². The van der Waals surface area contributed by atoms with Gasteiger partial charge in [-0.05, 0) is 79.2 Å². The molecule has 37 heavy (non-hydrogen) atoms. The molecule has 7 aromatic rings. The van der Waals surface area contributed by atoms with Gasteiger partial charge in [-0.25, -0.2) is 0 Å². The summed E-state index contributed by atoms with van der Waals surface area (Å²) in [6, 6.07) is 34.5. The molecule has 1 heteroatoms. The normalized spacial score (nSPS) is 13.1. The molecule has 0 unspecified atom stereocenters. The summed E-state index contributed by atoms with van der Waals surface area (Å²) < 4.78 is 2.50. The summed E-state index contributed by atoms with van der Waals surface area (Å²) in [6.07, 6.45) is 0. The highest BCUT2D eigenvalue weighted by Crippen LogP contribution is 2.42. The van der Waals surface area contributed by atoms with E-state index in [0.717, 1.165) is 0 Å². The second-order valence-electron chi connectivity index (χ2n) is 12.7. The van der Waals surface area contributed by atoms with Crippen LogP contribution in [0, 0.1) is 0 Å². The van der Waals surface area contributed by atoms with Gasteiger partial charge in [-0.1, -0.05) is 102 Å². The molecule has 0 aliphatic heterocycles. The lowest BCUT2D eigenvalue weighted by Gasteiger charge is -2.19. The van der Waals surface area contributed by atoms with Crippen molar-refractivity contribution in [3.05, 3.63) is 102 Å². The summed E-state index contributed by atoms with van der Waals surface area (Å²) in [5, 5.41) is 10.6. The number of nitrogens with zero attached hydrogens (tertiary/aromatic N) is 1. The molecular weight excluding hydrogens is 446 g/mol. The highest BCUT2D eigenvalue weighted by Gasteiger charge is 2.22. The molecule has 0 aliphatic rings. The number of benzene rings is 6. The Morgan fingerprint density at radius 1 is 0.459 bits per heavy atom. The molecule has 6 aromatic carbocycles. The minimum absolute atomic E-state index is 0.0945. The van der Waals surface area contributed by atoms with Crippen molar-refractivity contribution in [2.45, 2.75) is 52.4 Å². The van der Waals surface area contributed by atoms with Crippen molar-refractivity contribution >= 4 is 54.1 Å². The molecule has 1 aromatic heterocycles. The molecule has 0 radical (unpaired) electrons. The van der Waals surface area contributed by atoms with Crippen LogP contribution in [0.4, 0.5) is 0 Å². The third-order valence-electron chi connectivity index (χ3n) is 8.24. The summed E-state index contributed by atoms with van der Waals surface area (Å²) in [5.74, 6) is 0. The van der Waals surface area contributed by atoms with Crippen molar-refractivity contribution in [1.82, 2.24) is 4.57 Å². The highest BCUT2D eigenvalue weighted by molar-refractivity contribution is 6.25. The Kier molecular flexibility index (Phi) is 4.45. The van der Waals surface area contributed by atoms with Crippen molar-refractivity contribution in [3.63, 3.8) is 0 Å². The summed E-state index contributed by atoms with van der Waals surface area (Å²) in [5.41, 5.74) is 6.71. The number of hydrogen-bond acceptors (Lipinski definition) is 0. The van der Waals surface area contributed by atoms with Crippen LogP contribution in [-0.2, 0) is 10.8 Å². The molecule has 0 atom stereocenters. The minimum atomic E-state index is 0.0945. The summed E-state index contributed by atoms with van der Waals surface area (Å²) >= 11 is 0. The smallest absolute Gasteiger partial charge is 0.0541 e. The lowest BCUT2D eigenvalue weighted by atomic mass is 9.85. The number of hydrogen-bond donors (Lipinski definition) is 0. The fourth-order valence-corrected chi connectivity index (χ4v) is 6.13. The number of aromatic nitrogens is 1. The molecular formula is C36H33N. The SMILES string of the molecule is CC(C)(C)c1ccc2c(c1)c1cc(C(C)(C)C)ccc1n2-c1ccc2ccc3cccc4ccc1c2c34. The van der Waals surface area contributed by atoms with Gasteiger partial charge < -0.3 is 4.57 Å². The van der Waals surface area contributed by atoms with E-state index in [1.165, 1.54) is 70.9 Å². The molecule has 0 N–H and O–H groups in total. The molecule has 182 valence electrons. The van der Waals surface area contributed by atoms with Crippen LogP contribution in [0.1, 0.15) is 52.7 Å². The van der Waals surface area contributed by atoms with Crippen LogP contribution in [0.25, 0.3) is 59.8 Å². The molecule has 1 nitrogen and oxygen atoms in total. The molecule has 1 heterocycles. The third kappa shape index (κ3) is 3.23. The predicted molar refractivity (Wildman–Crippen MR) is 162 cm³/mol. The zero-order valence-corrected chi connectivity index (χ0v) is 22.6. The number of fused-ring (bicyclic) bond motifs is 3. The molecule has 0 saturated heterocycles. The van der Waals surface area contributed by atoms with E-state index in [9.17, 15) is 0 Å². The van der Waals surface area contributed by atoms with Crippen LogP contribution in [0.2, 0.25) is 0 Å². The maximum absolute atomic E-state index is 2.50. The van der Waals surface area contributed by atoms with E-state index < -0.39 is 0 Å². The van der Waals surface area contributed by atoms with Crippen LogP contribution >= 0.6 is 0 Å². The Morgan fingerprint density at radius 3 is 1.49 bits per heavy atom. The summed E-state index contributed by atoms with van der Waals surface area (Å²) in [6.45, 7) is 13.8. The molecule has 7 rings (SSSR count). The fourth-order valence-electron chi connectivity index (χ4n) is 6.13. The van der Waals surface area contributed by atoms with Gasteiger partial charge in [0.05, 0.1) is 16.7 Å². The van der Waals surface area contributed by atoms with E-state index in [2.05, 4.69) is 137 Å². The Bertz CT molecular complexity index is 1900. The average Bonchev–Trinajstić information content (AvgIpc) is 3.19. The molecule has 0 saturated carbocycles.